The molecule has 160 valence electrons. The van der Waals surface area contributed by atoms with Gasteiger partial charge in [-0.1, -0.05) is 30.3 Å². The first kappa shape index (κ1) is 20.6. The average Bonchev–Trinajstić information content (AvgIpc) is 2.74. The van der Waals surface area contributed by atoms with Crippen LogP contribution in [0, 0.1) is 0 Å². The van der Waals surface area contributed by atoms with Gasteiger partial charge in [-0.15, -0.1) is 0 Å². The summed E-state index contributed by atoms with van der Waals surface area (Å²) in [5, 5.41) is 49.4. The summed E-state index contributed by atoms with van der Waals surface area (Å²) in [6, 6.07) is 11.6. The first-order valence-electron chi connectivity index (χ1n) is 9.48. The maximum Gasteiger partial charge on any atom is 0.229 e. The molecule has 0 aromatic heterocycles. The van der Waals surface area contributed by atoms with Crippen molar-refractivity contribution in [3.8, 4) is 17.2 Å². The molecule has 2 aromatic carbocycles. The standard InChI is InChI=1S/C21H22O9/c22-9-16-18(25)19(26)20(27)21(30-16)29-15-7-11(23)6-14-17(15)12(24)8-13(28-14)10-4-2-1-3-5-10/h1-7,13,16,18-23,25-27H,8-9H2. The number of aliphatic hydroxyl groups excluding tert-OH is 4. The van der Waals surface area contributed by atoms with Crippen LogP contribution in [0.15, 0.2) is 42.5 Å². The number of carbonyl (C=O) groups excluding carboxylic acids is 1. The van der Waals surface area contributed by atoms with Crippen molar-refractivity contribution in [3.63, 3.8) is 0 Å². The minimum atomic E-state index is -1.66. The van der Waals surface area contributed by atoms with Crippen molar-refractivity contribution >= 4 is 5.78 Å². The first-order chi connectivity index (χ1) is 14.4. The fourth-order valence-corrected chi connectivity index (χ4v) is 3.65. The molecule has 0 saturated carbocycles. The van der Waals surface area contributed by atoms with E-state index in [1.54, 1.807) is 0 Å². The number of hydrogen-bond acceptors (Lipinski definition) is 9. The molecule has 0 radical (unpaired) electrons. The van der Waals surface area contributed by atoms with Gasteiger partial charge in [0.1, 0.15) is 53.3 Å². The van der Waals surface area contributed by atoms with E-state index in [9.17, 15) is 30.3 Å². The second-order valence-corrected chi connectivity index (χ2v) is 7.28. The highest BCUT2D eigenvalue weighted by atomic mass is 16.7. The Bertz CT molecular complexity index is 914. The highest BCUT2D eigenvalue weighted by molar-refractivity contribution is 6.02. The number of fused-ring (bicyclic) bond motifs is 1. The molecule has 0 bridgehead atoms. The highest BCUT2D eigenvalue weighted by Crippen LogP contribution is 2.43. The van der Waals surface area contributed by atoms with Gasteiger partial charge in [0.2, 0.25) is 6.29 Å². The molecule has 0 amide bonds. The molecule has 30 heavy (non-hydrogen) atoms. The van der Waals surface area contributed by atoms with Crippen molar-refractivity contribution in [1.29, 1.82) is 0 Å². The maximum atomic E-state index is 12.9. The van der Waals surface area contributed by atoms with Crippen molar-refractivity contribution in [2.45, 2.75) is 43.2 Å². The Hall–Kier alpha value is -2.69. The van der Waals surface area contributed by atoms with Crippen LogP contribution < -0.4 is 9.47 Å². The van der Waals surface area contributed by atoms with Gasteiger partial charge in [0.15, 0.2) is 5.78 Å². The number of carbonyl (C=O) groups is 1. The molecule has 1 saturated heterocycles. The SMILES string of the molecule is O=C1CC(c2ccccc2)Oc2cc(O)cc(OC3OC(CO)C(O)C(O)C3O)c21. The molecule has 1 fully saturated rings. The zero-order chi connectivity index (χ0) is 21.4. The van der Waals surface area contributed by atoms with Crippen LogP contribution in [-0.4, -0.2) is 68.6 Å². The zero-order valence-corrected chi connectivity index (χ0v) is 15.8. The van der Waals surface area contributed by atoms with Crippen molar-refractivity contribution in [1.82, 2.24) is 0 Å². The summed E-state index contributed by atoms with van der Waals surface area (Å²) in [5.41, 5.74) is 0.869. The molecule has 2 aliphatic heterocycles. The Labute approximate surface area is 171 Å². The first-order valence-corrected chi connectivity index (χ1v) is 9.48. The normalized spacial score (nSPS) is 31.0. The van der Waals surface area contributed by atoms with Crippen LogP contribution in [-0.2, 0) is 4.74 Å². The van der Waals surface area contributed by atoms with Gasteiger partial charge in [0.25, 0.3) is 0 Å². The maximum absolute atomic E-state index is 12.9. The average molecular weight is 418 g/mol. The van der Waals surface area contributed by atoms with Crippen molar-refractivity contribution in [2.24, 2.45) is 0 Å². The van der Waals surface area contributed by atoms with Gasteiger partial charge in [-0.25, -0.2) is 0 Å². The Morgan fingerprint density at radius 3 is 2.47 bits per heavy atom. The molecule has 6 atom stereocenters. The number of ketones is 1. The number of Topliss-reactive ketones (excluding diaryl/α,β-unsaturated/α-hetero) is 1. The molecule has 5 N–H and O–H groups in total. The largest absolute Gasteiger partial charge is 0.508 e. The topological polar surface area (TPSA) is 146 Å². The van der Waals surface area contributed by atoms with E-state index in [1.165, 1.54) is 12.1 Å². The molecule has 2 aliphatic rings. The monoisotopic (exact) mass is 418 g/mol. The van der Waals surface area contributed by atoms with Gasteiger partial charge < -0.3 is 39.7 Å². The number of aliphatic hydroxyl groups is 4. The Morgan fingerprint density at radius 1 is 1.03 bits per heavy atom. The number of benzene rings is 2. The van der Waals surface area contributed by atoms with Crippen LogP contribution in [0.1, 0.15) is 28.4 Å². The summed E-state index contributed by atoms with van der Waals surface area (Å²) in [5.74, 6) is -0.537. The lowest BCUT2D eigenvalue weighted by Gasteiger charge is -2.40. The predicted octanol–water partition coefficient (Wildman–Crippen LogP) is 0.277. The van der Waals surface area contributed by atoms with E-state index < -0.39 is 43.4 Å². The van der Waals surface area contributed by atoms with Crippen molar-refractivity contribution in [2.75, 3.05) is 6.61 Å². The molecule has 4 rings (SSSR count). The summed E-state index contributed by atoms with van der Waals surface area (Å²) < 4.78 is 16.8. The predicted molar refractivity (Wildman–Crippen MR) is 101 cm³/mol. The van der Waals surface area contributed by atoms with E-state index in [1.807, 2.05) is 30.3 Å². The van der Waals surface area contributed by atoms with Crippen molar-refractivity contribution < 1.29 is 44.5 Å². The molecule has 0 aliphatic carbocycles. The zero-order valence-electron chi connectivity index (χ0n) is 15.8. The molecular weight excluding hydrogens is 396 g/mol. The van der Waals surface area contributed by atoms with Crippen LogP contribution in [0.4, 0.5) is 0 Å². The Morgan fingerprint density at radius 2 is 1.77 bits per heavy atom. The Balaban J connectivity index is 1.63. The number of ether oxygens (including phenoxy) is 3. The number of phenols is 1. The third kappa shape index (κ3) is 3.73. The number of aromatic hydroxyl groups is 1. The van der Waals surface area contributed by atoms with Crippen molar-refractivity contribution in [3.05, 3.63) is 53.6 Å². The summed E-state index contributed by atoms with van der Waals surface area (Å²) in [6.45, 7) is -0.621. The van der Waals surface area contributed by atoms with Gasteiger partial charge in [0, 0.05) is 12.1 Å². The second-order valence-electron chi connectivity index (χ2n) is 7.28. The van der Waals surface area contributed by atoms with E-state index in [-0.39, 0.29) is 35.0 Å². The number of hydrogen-bond donors (Lipinski definition) is 5. The van der Waals surface area contributed by atoms with Crippen LogP contribution in [0.5, 0.6) is 17.2 Å². The van der Waals surface area contributed by atoms with Gasteiger partial charge in [-0.3, -0.25) is 4.79 Å². The lowest BCUT2D eigenvalue weighted by atomic mass is 9.95. The quantitative estimate of drug-likeness (QED) is 0.472. The lowest BCUT2D eigenvalue weighted by molar-refractivity contribution is -0.277. The van der Waals surface area contributed by atoms with Gasteiger partial charge >= 0.3 is 0 Å². The van der Waals surface area contributed by atoms with Gasteiger partial charge in [-0.05, 0) is 5.56 Å². The molecular formula is C21H22O9. The number of phenolic OH excluding ortho intramolecular Hbond substituents is 1. The minimum absolute atomic E-state index is 0.0346. The van der Waals surface area contributed by atoms with Crippen LogP contribution in [0.3, 0.4) is 0 Å². The fraction of sp³-hybridized carbons (Fsp3) is 0.381. The lowest BCUT2D eigenvalue weighted by Crippen LogP contribution is -2.60. The van der Waals surface area contributed by atoms with E-state index >= 15 is 0 Å². The van der Waals surface area contributed by atoms with Crippen LogP contribution >= 0.6 is 0 Å². The van der Waals surface area contributed by atoms with Crippen LogP contribution in [0.2, 0.25) is 0 Å². The summed E-state index contributed by atoms with van der Waals surface area (Å²) in [6.07, 6.45) is -8.00. The summed E-state index contributed by atoms with van der Waals surface area (Å²) in [4.78, 5) is 12.9. The van der Waals surface area contributed by atoms with E-state index in [0.29, 0.717) is 0 Å². The van der Waals surface area contributed by atoms with E-state index in [4.69, 9.17) is 14.2 Å². The minimum Gasteiger partial charge on any atom is -0.508 e. The highest BCUT2D eigenvalue weighted by Gasteiger charge is 2.45. The molecule has 0 spiro atoms. The molecule has 9 nitrogen and oxygen atoms in total. The smallest absolute Gasteiger partial charge is 0.229 e. The molecule has 2 aromatic rings. The third-order valence-corrected chi connectivity index (χ3v) is 5.23. The van der Waals surface area contributed by atoms with E-state index in [0.717, 1.165) is 5.56 Å². The van der Waals surface area contributed by atoms with Crippen LogP contribution in [0.25, 0.3) is 0 Å². The van der Waals surface area contributed by atoms with Gasteiger partial charge in [-0.2, -0.15) is 0 Å². The Kier molecular flexibility index (Phi) is 5.63. The molecule has 6 unspecified atom stereocenters. The fourth-order valence-electron chi connectivity index (χ4n) is 3.65. The summed E-state index contributed by atoms with van der Waals surface area (Å²) >= 11 is 0. The second kappa shape index (κ2) is 8.21. The number of rotatable bonds is 4. The third-order valence-electron chi connectivity index (χ3n) is 5.23. The molecule has 9 heteroatoms. The van der Waals surface area contributed by atoms with Gasteiger partial charge in [0.05, 0.1) is 13.0 Å². The molecule has 2 heterocycles. The van der Waals surface area contributed by atoms with E-state index in [2.05, 4.69) is 0 Å². The summed E-state index contributed by atoms with van der Waals surface area (Å²) in [7, 11) is 0.